The largest absolute Gasteiger partial charge is 0.417 e. The predicted molar refractivity (Wildman–Crippen MR) is 53.3 cm³/mol. The van der Waals surface area contributed by atoms with Crippen molar-refractivity contribution in [3.05, 3.63) is 47.9 Å². The van der Waals surface area contributed by atoms with Crippen LogP contribution >= 0.6 is 0 Å². The lowest BCUT2D eigenvalue weighted by atomic mass is 10.3. The van der Waals surface area contributed by atoms with Crippen LogP contribution in [0.3, 0.4) is 0 Å². The van der Waals surface area contributed by atoms with Crippen molar-refractivity contribution in [3.63, 3.8) is 0 Å². The van der Waals surface area contributed by atoms with Gasteiger partial charge in [-0.3, -0.25) is 0 Å². The fourth-order valence-corrected chi connectivity index (χ4v) is 1.42. The first kappa shape index (κ1) is 10.7. The Bertz CT molecular complexity index is 483. The maximum Gasteiger partial charge on any atom is 0.417 e. The zero-order valence-corrected chi connectivity index (χ0v) is 8.49. The number of halogens is 3. The molecule has 84 valence electrons. The van der Waals surface area contributed by atoms with E-state index in [4.69, 9.17) is 0 Å². The normalized spacial score (nSPS) is 11.8. The average Bonchev–Trinajstić information content (AvgIpc) is 2.63. The van der Waals surface area contributed by atoms with Crippen molar-refractivity contribution in [2.75, 3.05) is 0 Å². The van der Waals surface area contributed by atoms with Crippen molar-refractivity contribution >= 4 is 0 Å². The van der Waals surface area contributed by atoms with Crippen LogP contribution in [0.4, 0.5) is 13.2 Å². The van der Waals surface area contributed by atoms with Crippen LogP contribution in [0.5, 0.6) is 0 Å². The summed E-state index contributed by atoms with van der Waals surface area (Å²) >= 11 is 0. The van der Waals surface area contributed by atoms with Crippen molar-refractivity contribution in [3.8, 4) is 5.82 Å². The van der Waals surface area contributed by atoms with Crippen LogP contribution in [0, 0.1) is 6.92 Å². The molecule has 0 aliphatic carbocycles. The van der Waals surface area contributed by atoms with Crippen molar-refractivity contribution in [1.29, 1.82) is 0 Å². The summed E-state index contributed by atoms with van der Waals surface area (Å²) in [6.07, 6.45) is -1.74. The van der Waals surface area contributed by atoms with E-state index in [2.05, 4.69) is 4.98 Å². The molecule has 0 bridgehead atoms. The number of rotatable bonds is 1. The lowest BCUT2D eigenvalue weighted by Gasteiger charge is -2.08. The molecule has 2 aromatic rings. The van der Waals surface area contributed by atoms with Crippen LogP contribution < -0.4 is 0 Å². The van der Waals surface area contributed by atoms with Crippen LogP contribution in [0.25, 0.3) is 5.82 Å². The fraction of sp³-hybridized carbons (Fsp3) is 0.182. The third-order valence-electron chi connectivity index (χ3n) is 2.27. The predicted octanol–water partition coefficient (Wildman–Crippen LogP) is 3.20. The Morgan fingerprint density at radius 2 is 1.94 bits per heavy atom. The summed E-state index contributed by atoms with van der Waals surface area (Å²) in [5.41, 5.74) is 0.188. The molecule has 0 aliphatic rings. The van der Waals surface area contributed by atoms with Crippen molar-refractivity contribution in [1.82, 2.24) is 9.55 Å². The third-order valence-corrected chi connectivity index (χ3v) is 2.27. The average molecular weight is 226 g/mol. The van der Waals surface area contributed by atoms with Crippen molar-refractivity contribution < 1.29 is 13.2 Å². The van der Waals surface area contributed by atoms with Gasteiger partial charge in [0.1, 0.15) is 5.82 Å². The van der Waals surface area contributed by atoms with Gasteiger partial charge in [0.25, 0.3) is 0 Å². The Kier molecular flexibility index (Phi) is 2.46. The van der Waals surface area contributed by atoms with E-state index < -0.39 is 11.7 Å². The SMILES string of the molecule is Cc1cccn1-c1ccc(C(F)(F)F)cn1. The minimum Gasteiger partial charge on any atom is -0.306 e. The van der Waals surface area contributed by atoms with E-state index in [0.29, 0.717) is 5.82 Å². The molecular formula is C11H9F3N2. The highest BCUT2D eigenvalue weighted by atomic mass is 19.4. The number of nitrogens with zero attached hydrogens (tertiary/aromatic N) is 2. The van der Waals surface area contributed by atoms with E-state index in [1.54, 1.807) is 10.8 Å². The van der Waals surface area contributed by atoms with Gasteiger partial charge in [-0.1, -0.05) is 0 Å². The minimum atomic E-state index is -4.34. The van der Waals surface area contributed by atoms with E-state index >= 15 is 0 Å². The highest BCUT2D eigenvalue weighted by Crippen LogP contribution is 2.28. The molecule has 0 atom stereocenters. The molecule has 0 N–H and O–H groups in total. The number of pyridine rings is 1. The van der Waals surface area contributed by atoms with Gasteiger partial charge in [-0.15, -0.1) is 0 Å². The molecular weight excluding hydrogens is 217 g/mol. The van der Waals surface area contributed by atoms with Crippen LogP contribution in [-0.2, 0) is 6.18 Å². The Morgan fingerprint density at radius 3 is 2.38 bits per heavy atom. The molecule has 0 saturated carbocycles. The molecule has 0 fully saturated rings. The lowest BCUT2D eigenvalue weighted by molar-refractivity contribution is -0.137. The summed E-state index contributed by atoms with van der Waals surface area (Å²) in [7, 11) is 0. The van der Waals surface area contributed by atoms with Crippen LogP contribution in [-0.4, -0.2) is 9.55 Å². The Hall–Kier alpha value is -1.78. The maximum atomic E-state index is 12.3. The van der Waals surface area contributed by atoms with Crippen LogP contribution in [0.2, 0.25) is 0 Å². The van der Waals surface area contributed by atoms with Gasteiger partial charge in [0.2, 0.25) is 0 Å². The lowest BCUT2D eigenvalue weighted by Crippen LogP contribution is -2.06. The third kappa shape index (κ3) is 1.93. The summed E-state index contributed by atoms with van der Waals surface area (Å²) in [6, 6.07) is 6.06. The highest BCUT2D eigenvalue weighted by Gasteiger charge is 2.30. The second-order valence-corrected chi connectivity index (χ2v) is 3.42. The summed E-state index contributed by atoms with van der Waals surface area (Å²) in [5.74, 6) is 0.482. The Morgan fingerprint density at radius 1 is 1.19 bits per heavy atom. The van der Waals surface area contributed by atoms with Crippen LogP contribution in [0.15, 0.2) is 36.7 Å². The first-order valence-corrected chi connectivity index (χ1v) is 4.66. The molecule has 2 aromatic heterocycles. The smallest absolute Gasteiger partial charge is 0.306 e. The van der Waals surface area contributed by atoms with E-state index in [0.717, 1.165) is 18.0 Å². The molecule has 0 unspecified atom stereocenters. The zero-order chi connectivity index (χ0) is 11.8. The molecule has 0 spiro atoms. The molecule has 2 heterocycles. The van der Waals surface area contributed by atoms with Gasteiger partial charge >= 0.3 is 6.18 Å². The zero-order valence-electron chi connectivity index (χ0n) is 8.49. The van der Waals surface area contributed by atoms with Gasteiger partial charge < -0.3 is 4.57 Å². The fourth-order valence-electron chi connectivity index (χ4n) is 1.42. The van der Waals surface area contributed by atoms with Gasteiger partial charge in [-0.25, -0.2) is 4.98 Å². The van der Waals surface area contributed by atoms with Gasteiger partial charge in [0.05, 0.1) is 5.56 Å². The number of aromatic nitrogens is 2. The molecule has 0 aromatic carbocycles. The van der Waals surface area contributed by atoms with Crippen molar-refractivity contribution in [2.45, 2.75) is 13.1 Å². The highest BCUT2D eigenvalue weighted by molar-refractivity contribution is 5.30. The molecule has 2 rings (SSSR count). The second kappa shape index (κ2) is 3.66. The molecule has 5 heteroatoms. The van der Waals surface area contributed by atoms with E-state index in [-0.39, 0.29) is 0 Å². The minimum absolute atomic E-state index is 0.482. The number of aryl methyl sites for hydroxylation is 1. The van der Waals surface area contributed by atoms with E-state index in [9.17, 15) is 13.2 Å². The van der Waals surface area contributed by atoms with Gasteiger partial charge in [0.15, 0.2) is 0 Å². The molecule has 0 amide bonds. The number of hydrogen-bond acceptors (Lipinski definition) is 1. The first-order valence-electron chi connectivity index (χ1n) is 4.66. The van der Waals surface area contributed by atoms with Crippen molar-refractivity contribution in [2.24, 2.45) is 0 Å². The summed E-state index contributed by atoms with van der Waals surface area (Å²) in [5, 5.41) is 0. The molecule has 2 nitrogen and oxygen atoms in total. The summed E-state index contributed by atoms with van der Waals surface area (Å²) in [6.45, 7) is 1.86. The standard InChI is InChI=1S/C11H9F3N2/c1-8-3-2-6-16(8)10-5-4-9(7-15-10)11(12,13)14/h2-7H,1H3. The quantitative estimate of drug-likeness (QED) is 0.730. The van der Waals surface area contributed by atoms with E-state index in [1.165, 1.54) is 6.07 Å². The number of hydrogen-bond donors (Lipinski definition) is 0. The Balaban J connectivity index is 2.37. The summed E-state index contributed by atoms with van der Waals surface area (Å²) < 4.78 is 38.6. The van der Waals surface area contributed by atoms with Crippen LogP contribution in [0.1, 0.15) is 11.3 Å². The van der Waals surface area contributed by atoms with Gasteiger partial charge in [-0.05, 0) is 31.2 Å². The second-order valence-electron chi connectivity index (χ2n) is 3.42. The van der Waals surface area contributed by atoms with Gasteiger partial charge in [-0.2, -0.15) is 13.2 Å². The molecule has 16 heavy (non-hydrogen) atoms. The number of alkyl halides is 3. The topological polar surface area (TPSA) is 17.8 Å². The summed E-state index contributed by atoms with van der Waals surface area (Å²) in [4.78, 5) is 3.79. The van der Waals surface area contributed by atoms with E-state index in [1.807, 2.05) is 19.1 Å². The Labute approximate surface area is 90.4 Å². The first-order chi connectivity index (χ1) is 7.48. The molecule has 0 aliphatic heterocycles. The maximum absolute atomic E-state index is 12.3. The molecule has 0 saturated heterocycles. The monoisotopic (exact) mass is 226 g/mol. The molecule has 0 radical (unpaired) electrons. The van der Waals surface area contributed by atoms with Gasteiger partial charge in [0, 0.05) is 18.1 Å².